The van der Waals surface area contributed by atoms with Gasteiger partial charge in [-0.1, -0.05) is 19.1 Å². The molecule has 122 valence electrons. The minimum atomic E-state index is -0.294. The largest absolute Gasteiger partial charge is 0.494 e. The van der Waals surface area contributed by atoms with Gasteiger partial charge in [0.25, 0.3) is 0 Å². The van der Waals surface area contributed by atoms with Crippen LogP contribution in [0.4, 0.5) is 0 Å². The number of likely N-dealkylation sites (tertiary alicyclic amines) is 1. The van der Waals surface area contributed by atoms with Crippen LogP contribution in [0.5, 0.6) is 5.75 Å². The van der Waals surface area contributed by atoms with E-state index < -0.39 is 0 Å². The topological polar surface area (TPSA) is 61.8 Å². The van der Waals surface area contributed by atoms with Gasteiger partial charge in [-0.25, -0.2) is 0 Å². The lowest BCUT2D eigenvalue weighted by atomic mass is 10.1. The fourth-order valence-corrected chi connectivity index (χ4v) is 2.56. The number of hydrogen-bond acceptors (Lipinski definition) is 4. The normalized spacial score (nSPS) is 18.9. The number of aliphatic hydroxyl groups is 1. The predicted molar refractivity (Wildman–Crippen MR) is 85.8 cm³/mol. The summed E-state index contributed by atoms with van der Waals surface area (Å²) in [6.45, 7) is 5.14. The van der Waals surface area contributed by atoms with E-state index in [0.29, 0.717) is 19.6 Å². The maximum atomic E-state index is 11.9. The number of carbonyl (C=O) groups is 1. The molecule has 22 heavy (non-hydrogen) atoms. The molecule has 1 amide bonds. The van der Waals surface area contributed by atoms with E-state index in [-0.39, 0.29) is 12.0 Å². The molecule has 0 aliphatic carbocycles. The highest BCUT2D eigenvalue weighted by Crippen LogP contribution is 2.12. The number of ether oxygens (including phenoxy) is 1. The van der Waals surface area contributed by atoms with Crippen LogP contribution in [0.1, 0.15) is 31.7 Å². The Balaban J connectivity index is 1.71. The van der Waals surface area contributed by atoms with E-state index >= 15 is 0 Å². The Morgan fingerprint density at radius 2 is 2.18 bits per heavy atom. The third kappa shape index (κ3) is 5.66. The predicted octanol–water partition coefficient (Wildman–Crippen LogP) is 1.55. The van der Waals surface area contributed by atoms with Crippen LogP contribution in [-0.2, 0) is 11.3 Å². The van der Waals surface area contributed by atoms with Gasteiger partial charge in [-0.15, -0.1) is 0 Å². The van der Waals surface area contributed by atoms with Gasteiger partial charge in [0, 0.05) is 13.1 Å². The second kappa shape index (κ2) is 8.76. The van der Waals surface area contributed by atoms with Gasteiger partial charge < -0.3 is 15.2 Å². The zero-order valence-electron chi connectivity index (χ0n) is 13.3. The van der Waals surface area contributed by atoms with Crippen molar-refractivity contribution >= 4 is 5.91 Å². The lowest BCUT2D eigenvalue weighted by Gasteiger charge is -2.29. The van der Waals surface area contributed by atoms with Crippen molar-refractivity contribution < 1.29 is 14.6 Å². The summed E-state index contributed by atoms with van der Waals surface area (Å²) in [5, 5.41) is 12.5. The summed E-state index contributed by atoms with van der Waals surface area (Å²) < 4.78 is 5.53. The quantitative estimate of drug-likeness (QED) is 0.802. The molecule has 5 heteroatoms. The van der Waals surface area contributed by atoms with Crippen molar-refractivity contribution in [3.05, 3.63) is 29.8 Å². The Bertz CT molecular complexity index is 461. The molecule has 5 nitrogen and oxygen atoms in total. The van der Waals surface area contributed by atoms with Crippen molar-refractivity contribution in [3.63, 3.8) is 0 Å². The number of aliphatic hydroxyl groups excluding tert-OH is 1. The first-order valence-electron chi connectivity index (χ1n) is 8.06. The Labute approximate surface area is 132 Å². The number of carbonyl (C=O) groups excluding carboxylic acids is 1. The number of rotatable bonds is 7. The summed E-state index contributed by atoms with van der Waals surface area (Å²) in [6, 6.07) is 7.79. The van der Waals surface area contributed by atoms with E-state index in [0.717, 1.165) is 43.7 Å². The van der Waals surface area contributed by atoms with Gasteiger partial charge in [0.2, 0.25) is 5.91 Å². The lowest BCUT2D eigenvalue weighted by Crippen LogP contribution is -2.44. The first-order chi connectivity index (χ1) is 10.7. The van der Waals surface area contributed by atoms with Gasteiger partial charge in [-0.3, -0.25) is 9.69 Å². The number of β-amino-alcohol motifs (C(OH)–C–C–N with tert-alkyl or cyclic N) is 1. The molecule has 1 unspecified atom stereocenters. The lowest BCUT2D eigenvalue weighted by molar-refractivity contribution is -0.123. The van der Waals surface area contributed by atoms with Crippen LogP contribution < -0.4 is 10.1 Å². The van der Waals surface area contributed by atoms with Crippen molar-refractivity contribution in [2.45, 2.75) is 38.8 Å². The van der Waals surface area contributed by atoms with Crippen LogP contribution in [-0.4, -0.2) is 48.3 Å². The Kier molecular flexibility index (Phi) is 6.68. The zero-order chi connectivity index (χ0) is 15.8. The van der Waals surface area contributed by atoms with Crippen molar-refractivity contribution in [2.75, 3.05) is 26.2 Å². The molecular formula is C17H26N2O3. The maximum absolute atomic E-state index is 11.9. The summed E-state index contributed by atoms with van der Waals surface area (Å²) in [5.41, 5.74) is 1.05. The molecular weight excluding hydrogens is 280 g/mol. The number of piperidine rings is 1. The zero-order valence-corrected chi connectivity index (χ0v) is 13.3. The van der Waals surface area contributed by atoms with Crippen LogP contribution in [0.25, 0.3) is 0 Å². The van der Waals surface area contributed by atoms with Gasteiger partial charge in [0.15, 0.2) is 0 Å². The molecule has 0 spiro atoms. The average Bonchev–Trinajstić information content (AvgIpc) is 2.52. The van der Waals surface area contributed by atoms with Crippen LogP contribution in [0.3, 0.4) is 0 Å². The van der Waals surface area contributed by atoms with Gasteiger partial charge in [0.05, 0.1) is 19.3 Å². The molecule has 0 aromatic heterocycles. The van der Waals surface area contributed by atoms with E-state index in [2.05, 4.69) is 12.2 Å². The molecule has 0 saturated carbocycles. The number of amides is 1. The summed E-state index contributed by atoms with van der Waals surface area (Å²) >= 11 is 0. The second-order valence-electron chi connectivity index (χ2n) is 5.80. The molecule has 2 N–H and O–H groups in total. The van der Waals surface area contributed by atoms with Crippen molar-refractivity contribution in [3.8, 4) is 5.75 Å². The van der Waals surface area contributed by atoms with Gasteiger partial charge in [0.1, 0.15) is 5.75 Å². The van der Waals surface area contributed by atoms with Gasteiger partial charge >= 0.3 is 0 Å². The summed E-state index contributed by atoms with van der Waals surface area (Å²) in [4.78, 5) is 13.9. The van der Waals surface area contributed by atoms with Gasteiger partial charge in [-0.05, 0) is 43.5 Å². The number of nitrogens with zero attached hydrogens (tertiary/aromatic N) is 1. The van der Waals surface area contributed by atoms with Crippen molar-refractivity contribution in [1.82, 2.24) is 10.2 Å². The summed E-state index contributed by atoms with van der Waals surface area (Å²) in [7, 11) is 0. The van der Waals surface area contributed by atoms with Crippen LogP contribution in [0.2, 0.25) is 0 Å². The highest BCUT2D eigenvalue weighted by atomic mass is 16.5. The molecule has 0 bridgehead atoms. The highest BCUT2D eigenvalue weighted by molar-refractivity contribution is 5.78. The van der Waals surface area contributed by atoms with Crippen molar-refractivity contribution in [2.24, 2.45) is 0 Å². The molecule has 1 aromatic carbocycles. The Morgan fingerprint density at radius 1 is 1.41 bits per heavy atom. The molecule has 1 atom stereocenters. The Hall–Kier alpha value is -1.59. The molecule has 0 radical (unpaired) electrons. The third-order valence-corrected chi connectivity index (χ3v) is 3.73. The number of hydrogen-bond donors (Lipinski definition) is 2. The highest BCUT2D eigenvalue weighted by Gasteiger charge is 2.19. The van der Waals surface area contributed by atoms with E-state index in [1.165, 1.54) is 0 Å². The Morgan fingerprint density at radius 3 is 2.86 bits per heavy atom. The smallest absolute Gasteiger partial charge is 0.234 e. The SMILES string of the molecule is CCCOc1ccc(CNC(=O)CN2CCCC(O)C2)cc1. The van der Waals surface area contributed by atoms with Crippen LogP contribution in [0, 0.1) is 0 Å². The van der Waals surface area contributed by atoms with E-state index in [1.807, 2.05) is 29.2 Å². The van der Waals surface area contributed by atoms with Crippen LogP contribution in [0.15, 0.2) is 24.3 Å². The first-order valence-corrected chi connectivity index (χ1v) is 8.06. The van der Waals surface area contributed by atoms with E-state index in [1.54, 1.807) is 0 Å². The minimum Gasteiger partial charge on any atom is -0.494 e. The fourth-order valence-electron chi connectivity index (χ4n) is 2.56. The number of benzene rings is 1. The molecule has 1 heterocycles. The minimum absolute atomic E-state index is 0.000379. The molecule has 1 aliphatic rings. The fraction of sp³-hybridized carbons (Fsp3) is 0.588. The summed E-state index contributed by atoms with van der Waals surface area (Å²) in [5.74, 6) is 0.861. The first kappa shape index (κ1) is 16.8. The van der Waals surface area contributed by atoms with Crippen molar-refractivity contribution in [1.29, 1.82) is 0 Å². The molecule has 1 aromatic rings. The molecule has 1 fully saturated rings. The molecule has 1 saturated heterocycles. The maximum Gasteiger partial charge on any atom is 0.234 e. The standard InChI is InChI=1S/C17H26N2O3/c1-2-10-22-16-7-5-14(6-8-16)11-18-17(21)13-19-9-3-4-15(20)12-19/h5-8,15,20H,2-4,9-13H2,1H3,(H,18,21). The van der Waals surface area contributed by atoms with E-state index in [4.69, 9.17) is 4.74 Å². The second-order valence-corrected chi connectivity index (χ2v) is 5.80. The molecule has 2 rings (SSSR count). The average molecular weight is 306 g/mol. The third-order valence-electron chi connectivity index (χ3n) is 3.73. The number of nitrogens with one attached hydrogen (secondary N) is 1. The monoisotopic (exact) mass is 306 g/mol. The molecule has 1 aliphatic heterocycles. The van der Waals surface area contributed by atoms with Gasteiger partial charge in [-0.2, -0.15) is 0 Å². The summed E-state index contributed by atoms with van der Waals surface area (Å²) in [6.07, 6.45) is 2.48. The van der Waals surface area contributed by atoms with Crippen LogP contribution >= 0.6 is 0 Å². The van der Waals surface area contributed by atoms with E-state index in [9.17, 15) is 9.90 Å².